The number of benzene rings is 1. The van der Waals surface area contributed by atoms with Crippen LogP contribution in [0, 0.1) is 0 Å². The van der Waals surface area contributed by atoms with Gasteiger partial charge in [0.2, 0.25) is 0 Å². The molecule has 0 spiro atoms. The van der Waals surface area contributed by atoms with E-state index in [2.05, 4.69) is 5.32 Å². The second-order valence-electron chi connectivity index (χ2n) is 4.23. The first-order valence-electron chi connectivity index (χ1n) is 6.03. The van der Waals surface area contributed by atoms with E-state index in [0.29, 0.717) is 5.75 Å². The third kappa shape index (κ3) is 5.18. The fourth-order valence-electron chi connectivity index (χ4n) is 1.75. The predicted octanol–water partition coefficient (Wildman–Crippen LogP) is 1.02. The van der Waals surface area contributed by atoms with Crippen LogP contribution in [0.1, 0.15) is 11.6 Å². The molecule has 0 saturated carbocycles. The van der Waals surface area contributed by atoms with Gasteiger partial charge in [0, 0.05) is 13.2 Å². The molecule has 0 saturated heterocycles. The maximum Gasteiger partial charge on any atom is 0.154 e. The first-order valence-corrected chi connectivity index (χ1v) is 7.85. The molecule has 0 aliphatic heterocycles. The highest BCUT2D eigenvalue weighted by molar-refractivity contribution is 7.91. The van der Waals surface area contributed by atoms with Crippen molar-refractivity contribution >= 4 is 9.84 Å². The lowest BCUT2D eigenvalue weighted by atomic mass is 10.1. The smallest absolute Gasteiger partial charge is 0.154 e. The quantitative estimate of drug-likeness (QED) is 0.773. The van der Waals surface area contributed by atoms with Gasteiger partial charge in [-0.2, -0.15) is 0 Å². The van der Waals surface area contributed by atoms with E-state index in [4.69, 9.17) is 9.47 Å². The molecular formula is C13H21NO4S. The average molecular weight is 287 g/mol. The summed E-state index contributed by atoms with van der Waals surface area (Å²) in [5, 5.41) is 3.03. The molecule has 19 heavy (non-hydrogen) atoms. The molecule has 1 rings (SSSR count). The third-order valence-corrected chi connectivity index (χ3v) is 4.49. The lowest BCUT2D eigenvalue weighted by molar-refractivity contribution is 0.217. The lowest BCUT2D eigenvalue weighted by Gasteiger charge is -2.17. The summed E-state index contributed by atoms with van der Waals surface area (Å²) in [5.41, 5.74) is 0.892. The number of ether oxygens (including phenoxy) is 2. The van der Waals surface area contributed by atoms with E-state index < -0.39 is 9.84 Å². The Morgan fingerprint density at radius 3 is 2.63 bits per heavy atom. The standard InChI is InChI=1S/C13H21NO4S/c1-14-13(10-19(15,16)8-7-17-2)11-5-4-6-12(9-11)18-3/h4-6,9,13-14H,7-8,10H2,1-3H3. The molecule has 0 aliphatic carbocycles. The van der Waals surface area contributed by atoms with Crippen molar-refractivity contribution in [3.63, 3.8) is 0 Å². The van der Waals surface area contributed by atoms with Gasteiger partial charge in [0.15, 0.2) is 9.84 Å². The summed E-state index contributed by atoms with van der Waals surface area (Å²) in [6.07, 6.45) is 0. The Balaban J connectivity index is 2.82. The van der Waals surface area contributed by atoms with Crippen LogP contribution >= 0.6 is 0 Å². The Kier molecular flexibility index (Phi) is 6.27. The van der Waals surface area contributed by atoms with Gasteiger partial charge in [0.25, 0.3) is 0 Å². The molecule has 0 bridgehead atoms. The van der Waals surface area contributed by atoms with Crippen LogP contribution < -0.4 is 10.1 Å². The van der Waals surface area contributed by atoms with Gasteiger partial charge in [0.05, 0.1) is 25.2 Å². The zero-order valence-electron chi connectivity index (χ0n) is 11.5. The number of nitrogens with one attached hydrogen (secondary N) is 1. The molecule has 0 amide bonds. The van der Waals surface area contributed by atoms with E-state index in [1.807, 2.05) is 24.3 Å². The van der Waals surface area contributed by atoms with Crippen molar-refractivity contribution in [2.24, 2.45) is 0 Å². The van der Waals surface area contributed by atoms with Gasteiger partial charge in [-0.3, -0.25) is 0 Å². The molecule has 0 radical (unpaired) electrons. The molecule has 5 nitrogen and oxygen atoms in total. The van der Waals surface area contributed by atoms with Crippen molar-refractivity contribution < 1.29 is 17.9 Å². The Bertz CT molecular complexity index is 487. The van der Waals surface area contributed by atoms with Gasteiger partial charge < -0.3 is 14.8 Å². The summed E-state index contributed by atoms with van der Waals surface area (Å²) in [5.74, 6) is 0.790. The first kappa shape index (κ1) is 15.9. The third-order valence-electron chi connectivity index (χ3n) is 2.86. The molecule has 1 atom stereocenters. The highest BCUT2D eigenvalue weighted by Crippen LogP contribution is 2.20. The van der Waals surface area contributed by atoms with Crippen LogP contribution in [-0.2, 0) is 14.6 Å². The minimum atomic E-state index is -3.15. The van der Waals surface area contributed by atoms with E-state index >= 15 is 0 Å². The minimum Gasteiger partial charge on any atom is -0.497 e. The maximum absolute atomic E-state index is 11.9. The molecule has 108 valence electrons. The highest BCUT2D eigenvalue weighted by Gasteiger charge is 2.19. The van der Waals surface area contributed by atoms with Crippen molar-refractivity contribution in [3.05, 3.63) is 29.8 Å². The van der Waals surface area contributed by atoms with E-state index in [1.54, 1.807) is 14.2 Å². The van der Waals surface area contributed by atoms with Crippen LogP contribution in [0.25, 0.3) is 0 Å². The molecule has 1 unspecified atom stereocenters. The van der Waals surface area contributed by atoms with Crippen LogP contribution in [0.5, 0.6) is 5.75 Å². The number of hydrogen-bond acceptors (Lipinski definition) is 5. The van der Waals surface area contributed by atoms with E-state index in [-0.39, 0.29) is 24.2 Å². The van der Waals surface area contributed by atoms with Crippen molar-refractivity contribution in [2.45, 2.75) is 6.04 Å². The molecular weight excluding hydrogens is 266 g/mol. The zero-order valence-corrected chi connectivity index (χ0v) is 12.4. The Morgan fingerprint density at radius 1 is 1.32 bits per heavy atom. The normalized spacial score (nSPS) is 13.2. The van der Waals surface area contributed by atoms with Crippen molar-refractivity contribution in [2.75, 3.05) is 39.4 Å². The van der Waals surface area contributed by atoms with Crippen molar-refractivity contribution in [1.82, 2.24) is 5.32 Å². The van der Waals surface area contributed by atoms with Crippen LogP contribution in [0.4, 0.5) is 0 Å². The number of sulfone groups is 1. The molecule has 6 heteroatoms. The zero-order chi connectivity index (χ0) is 14.3. The average Bonchev–Trinajstić information content (AvgIpc) is 2.42. The highest BCUT2D eigenvalue weighted by atomic mass is 32.2. The van der Waals surface area contributed by atoms with E-state index in [1.165, 1.54) is 7.11 Å². The Labute approximate surface area is 114 Å². The van der Waals surface area contributed by atoms with Crippen LogP contribution in [0.3, 0.4) is 0 Å². The summed E-state index contributed by atoms with van der Waals surface area (Å²) < 4.78 is 33.8. The molecule has 0 fully saturated rings. The molecule has 1 N–H and O–H groups in total. The van der Waals surface area contributed by atoms with Crippen molar-refractivity contribution in [1.29, 1.82) is 0 Å². The summed E-state index contributed by atoms with van der Waals surface area (Å²) >= 11 is 0. The van der Waals surface area contributed by atoms with Crippen LogP contribution in [0.2, 0.25) is 0 Å². The summed E-state index contributed by atoms with van der Waals surface area (Å²) in [6, 6.07) is 7.15. The molecule has 0 aromatic heterocycles. The molecule has 0 heterocycles. The van der Waals surface area contributed by atoms with Gasteiger partial charge in [-0.25, -0.2) is 8.42 Å². The fraction of sp³-hybridized carbons (Fsp3) is 0.538. The second-order valence-corrected chi connectivity index (χ2v) is 6.45. The SMILES string of the molecule is CNC(CS(=O)(=O)CCOC)c1cccc(OC)c1. The first-order chi connectivity index (χ1) is 9.02. The molecule has 0 aliphatic rings. The number of rotatable bonds is 8. The molecule has 1 aromatic rings. The maximum atomic E-state index is 11.9. The van der Waals surface area contributed by atoms with Gasteiger partial charge in [-0.1, -0.05) is 12.1 Å². The van der Waals surface area contributed by atoms with Crippen LogP contribution in [0.15, 0.2) is 24.3 Å². The second kappa shape index (κ2) is 7.47. The summed E-state index contributed by atoms with van der Waals surface area (Å²) in [7, 11) is 1.67. The summed E-state index contributed by atoms with van der Waals surface area (Å²) in [4.78, 5) is 0. The van der Waals surface area contributed by atoms with Gasteiger partial charge >= 0.3 is 0 Å². The van der Waals surface area contributed by atoms with Crippen molar-refractivity contribution in [3.8, 4) is 5.75 Å². The Hall–Kier alpha value is -1.11. The number of hydrogen-bond donors (Lipinski definition) is 1. The summed E-state index contributed by atoms with van der Waals surface area (Å²) in [6.45, 7) is 0.219. The Morgan fingerprint density at radius 2 is 2.05 bits per heavy atom. The minimum absolute atomic E-state index is 0.0334. The van der Waals surface area contributed by atoms with Crippen LogP contribution in [-0.4, -0.2) is 47.8 Å². The van der Waals surface area contributed by atoms with Gasteiger partial charge in [-0.15, -0.1) is 0 Å². The molecule has 1 aromatic carbocycles. The topological polar surface area (TPSA) is 64.6 Å². The predicted molar refractivity (Wildman–Crippen MR) is 75.3 cm³/mol. The monoisotopic (exact) mass is 287 g/mol. The lowest BCUT2D eigenvalue weighted by Crippen LogP contribution is -2.27. The van der Waals surface area contributed by atoms with E-state index in [0.717, 1.165) is 5.56 Å². The fourth-order valence-corrected chi connectivity index (χ4v) is 3.21. The van der Waals surface area contributed by atoms with E-state index in [9.17, 15) is 8.42 Å². The van der Waals surface area contributed by atoms with Gasteiger partial charge in [0.1, 0.15) is 5.75 Å². The largest absolute Gasteiger partial charge is 0.497 e. The van der Waals surface area contributed by atoms with Gasteiger partial charge in [-0.05, 0) is 24.7 Å². The number of methoxy groups -OCH3 is 2.